The molecule has 0 aliphatic carbocycles. The Kier molecular flexibility index (Phi) is 3.08. The van der Waals surface area contributed by atoms with E-state index in [1.54, 1.807) is 12.1 Å². The second-order valence-corrected chi connectivity index (χ2v) is 4.06. The molecule has 0 aliphatic rings. The predicted octanol–water partition coefficient (Wildman–Crippen LogP) is 2.18. The van der Waals surface area contributed by atoms with E-state index in [-0.39, 0.29) is 5.82 Å². The van der Waals surface area contributed by atoms with Gasteiger partial charge in [-0.15, -0.1) is 10.2 Å². The molecule has 0 fully saturated rings. The molecule has 17 heavy (non-hydrogen) atoms. The smallest absolute Gasteiger partial charge is 0.152 e. The molecule has 2 rings (SSSR count). The van der Waals surface area contributed by atoms with Gasteiger partial charge in [0, 0.05) is 7.05 Å². The lowest BCUT2D eigenvalue weighted by Crippen LogP contribution is -2.07. The third-order valence-corrected chi connectivity index (χ3v) is 2.74. The van der Waals surface area contributed by atoms with Gasteiger partial charge in [0.25, 0.3) is 0 Å². The lowest BCUT2D eigenvalue weighted by molar-refractivity contribution is 0.629. The highest BCUT2D eigenvalue weighted by Crippen LogP contribution is 2.16. The van der Waals surface area contributed by atoms with E-state index >= 15 is 0 Å². The fraction of sp³-hybridized carbons (Fsp3) is 0.333. The van der Waals surface area contributed by atoms with Gasteiger partial charge in [-0.1, -0.05) is 6.07 Å². The molecule has 0 atom stereocenters. The van der Waals surface area contributed by atoms with E-state index in [0.717, 1.165) is 17.2 Å². The molecule has 0 aliphatic heterocycles. The molecule has 1 aromatic carbocycles. The van der Waals surface area contributed by atoms with E-state index in [1.807, 2.05) is 25.5 Å². The molecule has 0 saturated heterocycles. The monoisotopic (exact) mass is 234 g/mol. The standard InChI is InChI=1S/C12H15FN4/c1-8-4-5-10(13)11(6-8)14-7-12-16-15-9(2)17(12)3/h4-6,14H,7H2,1-3H3. The first-order valence-electron chi connectivity index (χ1n) is 5.43. The minimum Gasteiger partial charge on any atom is -0.375 e. The van der Waals surface area contributed by atoms with Crippen LogP contribution in [-0.2, 0) is 13.6 Å². The molecule has 2 aromatic rings. The lowest BCUT2D eigenvalue weighted by atomic mass is 10.2. The van der Waals surface area contributed by atoms with Gasteiger partial charge in [0.15, 0.2) is 5.82 Å². The molecule has 90 valence electrons. The van der Waals surface area contributed by atoms with Crippen molar-refractivity contribution in [3.05, 3.63) is 41.2 Å². The number of anilines is 1. The van der Waals surface area contributed by atoms with Crippen LogP contribution in [0.1, 0.15) is 17.2 Å². The number of rotatable bonds is 3. The highest BCUT2D eigenvalue weighted by molar-refractivity contribution is 5.47. The number of nitrogens with one attached hydrogen (secondary N) is 1. The summed E-state index contributed by atoms with van der Waals surface area (Å²) in [5.41, 5.74) is 1.51. The fourth-order valence-corrected chi connectivity index (χ4v) is 1.55. The minimum atomic E-state index is -0.255. The van der Waals surface area contributed by atoms with Gasteiger partial charge in [0.2, 0.25) is 0 Å². The summed E-state index contributed by atoms with van der Waals surface area (Å²) in [7, 11) is 1.89. The van der Waals surface area contributed by atoms with Gasteiger partial charge in [-0.05, 0) is 31.5 Å². The zero-order chi connectivity index (χ0) is 12.4. The van der Waals surface area contributed by atoms with Gasteiger partial charge in [0.1, 0.15) is 11.6 Å². The molecule has 0 unspecified atom stereocenters. The van der Waals surface area contributed by atoms with E-state index in [2.05, 4.69) is 15.5 Å². The lowest BCUT2D eigenvalue weighted by Gasteiger charge is -2.08. The Hall–Kier alpha value is -1.91. The zero-order valence-electron chi connectivity index (χ0n) is 10.2. The molecule has 0 bridgehead atoms. The molecule has 0 saturated carbocycles. The summed E-state index contributed by atoms with van der Waals surface area (Å²) in [4.78, 5) is 0. The number of benzene rings is 1. The molecule has 0 spiro atoms. The maximum absolute atomic E-state index is 13.5. The number of aryl methyl sites for hydroxylation is 2. The average Bonchev–Trinajstić information content (AvgIpc) is 2.62. The van der Waals surface area contributed by atoms with E-state index < -0.39 is 0 Å². The van der Waals surface area contributed by atoms with Crippen molar-refractivity contribution in [2.24, 2.45) is 7.05 Å². The topological polar surface area (TPSA) is 42.7 Å². The van der Waals surface area contributed by atoms with Crippen LogP contribution in [0.3, 0.4) is 0 Å². The van der Waals surface area contributed by atoms with Gasteiger partial charge >= 0.3 is 0 Å². The van der Waals surface area contributed by atoms with Crippen LogP contribution < -0.4 is 5.32 Å². The zero-order valence-corrected chi connectivity index (χ0v) is 10.2. The van der Waals surface area contributed by atoms with Gasteiger partial charge in [-0.2, -0.15) is 0 Å². The normalized spacial score (nSPS) is 10.6. The van der Waals surface area contributed by atoms with Crippen LogP contribution in [0.15, 0.2) is 18.2 Å². The first-order chi connectivity index (χ1) is 8.08. The van der Waals surface area contributed by atoms with Crippen molar-refractivity contribution >= 4 is 5.69 Å². The van der Waals surface area contributed by atoms with Crippen molar-refractivity contribution in [1.29, 1.82) is 0 Å². The van der Waals surface area contributed by atoms with Crippen molar-refractivity contribution in [1.82, 2.24) is 14.8 Å². The SMILES string of the molecule is Cc1ccc(F)c(NCc2nnc(C)n2C)c1. The predicted molar refractivity (Wildman–Crippen MR) is 64.2 cm³/mol. The van der Waals surface area contributed by atoms with Crippen LogP contribution in [-0.4, -0.2) is 14.8 Å². The van der Waals surface area contributed by atoms with Crippen LogP contribution in [0.2, 0.25) is 0 Å². The summed E-state index contributed by atoms with van der Waals surface area (Å²) in [6.45, 7) is 4.26. The summed E-state index contributed by atoms with van der Waals surface area (Å²) in [6, 6.07) is 4.98. The van der Waals surface area contributed by atoms with Crippen molar-refractivity contribution in [2.75, 3.05) is 5.32 Å². The number of hydrogen-bond donors (Lipinski definition) is 1. The molecule has 0 amide bonds. The first-order valence-corrected chi connectivity index (χ1v) is 5.43. The second-order valence-electron chi connectivity index (χ2n) is 4.06. The quantitative estimate of drug-likeness (QED) is 0.885. The molecule has 1 heterocycles. The average molecular weight is 234 g/mol. The van der Waals surface area contributed by atoms with Crippen LogP contribution in [0, 0.1) is 19.7 Å². The molecule has 1 N–H and O–H groups in total. The third kappa shape index (κ3) is 2.43. The van der Waals surface area contributed by atoms with Gasteiger partial charge in [0.05, 0.1) is 12.2 Å². The second kappa shape index (κ2) is 4.53. The summed E-state index contributed by atoms with van der Waals surface area (Å²) in [5.74, 6) is 1.37. The van der Waals surface area contributed by atoms with E-state index in [1.165, 1.54) is 6.07 Å². The van der Waals surface area contributed by atoms with E-state index in [4.69, 9.17) is 0 Å². The Bertz CT molecular complexity index is 533. The Morgan fingerprint density at radius 3 is 2.71 bits per heavy atom. The molecule has 0 radical (unpaired) electrons. The minimum absolute atomic E-state index is 0.255. The molecule has 5 heteroatoms. The van der Waals surface area contributed by atoms with Crippen molar-refractivity contribution in [3.8, 4) is 0 Å². The largest absolute Gasteiger partial charge is 0.375 e. The highest BCUT2D eigenvalue weighted by atomic mass is 19.1. The van der Waals surface area contributed by atoms with Crippen LogP contribution in [0.4, 0.5) is 10.1 Å². The Morgan fingerprint density at radius 2 is 2.06 bits per heavy atom. The van der Waals surface area contributed by atoms with Crippen LogP contribution in [0.5, 0.6) is 0 Å². The van der Waals surface area contributed by atoms with E-state index in [9.17, 15) is 4.39 Å². The third-order valence-electron chi connectivity index (χ3n) is 2.74. The highest BCUT2D eigenvalue weighted by Gasteiger charge is 2.06. The Balaban J connectivity index is 2.12. The van der Waals surface area contributed by atoms with Crippen molar-refractivity contribution in [3.63, 3.8) is 0 Å². The summed E-state index contributed by atoms with van der Waals surface area (Å²) in [5, 5.41) is 11.0. The number of halogens is 1. The maximum atomic E-state index is 13.5. The molecule has 1 aromatic heterocycles. The summed E-state index contributed by atoms with van der Waals surface area (Å²) < 4.78 is 15.3. The van der Waals surface area contributed by atoms with E-state index in [0.29, 0.717) is 12.2 Å². The maximum Gasteiger partial charge on any atom is 0.152 e. The van der Waals surface area contributed by atoms with Crippen molar-refractivity contribution in [2.45, 2.75) is 20.4 Å². The summed E-state index contributed by atoms with van der Waals surface area (Å²) in [6.07, 6.45) is 0. The first kappa shape index (κ1) is 11.6. The van der Waals surface area contributed by atoms with Gasteiger partial charge in [-0.3, -0.25) is 0 Å². The number of hydrogen-bond acceptors (Lipinski definition) is 3. The summed E-state index contributed by atoms with van der Waals surface area (Å²) >= 11 is 0. The molecular weight excluding hydrogens is 219 g/mol. The fourth-order valence-electron chi connectivity index (χ4n) is 1.55. The molecular formula is C12H15FN4. The number of aromatic nitrogens is 3. The Labute approximate surface area is 99.5 Å². The van der Waals surface area contributed by atoms with Gasteiger partial charge in [-0.25, -0.2) is 4.39 Å². The van der Waals surface area contributed by atoms with Crippen LogP contribution in [0.25, 0.3) is 0 Å². The van der Waals surface area contributed by atoms with Crippen molar-refractivity contribution < 1.29 is 4.39 Å². The van der Waals surface area contributed by atoms with Gasteiger partial charge < -0.3 is 9.88 Å². The van der Waals surface area contributed by atoms with Crippen LogP contribution >= 0.6 is 0 Å². The Morgan fingerprint density at radius 1 is 1.29 bits per heavy atom. The number of nitrogens with zero attached hydrogens (tertiary/aromatic N) is 3. The molecule has 4 nitrogen and oxygen atoms in total.